The van der Waals surface area contributed by atoms with Gasteiger partial charge in [-0.25, -0.2) is 32.0 Å². The number of alkyl halides is 2. The van der Waals surface area contributed by atoms with Gasteiger partial charge in [0.25, 0.3) is 11.8 Å². The molecule has 12 nitrogen and oxygen atoms in total. The smallest absolute Gasteiger partial charge is 0.267 e. The maximum atomic E-state index is 15.7. The van der Waals surface area contributed by atoms with E-state index in [0.717, 1.165) is 49.1 Å². The maximum absolute atomic E-state index is 15.7. The fourth-order valence-corrected chi connectivity index (χ4v) is 8.66. The van der Waals surface area contributed by atoms with Crippen LogP contribution in [0.3, 0.4) is 0 Å². The number of carbonyl (C=O) groups is 3. The Morgan fingerprint density at radius 3 is 2.49 bits per heavy atom. The van der Waals surface area contributed by atoms with E-state index >= 15 is 17.6 Å². The molecule has 3 aliphatic rings. The zero-order valence-electron chi connectivity index (χ0n) is 31.9. The van der Waals surface area contributed by atoms with Crippen LogP contribution in [-0.4, -0.2) is 78.3 Å². The van der Waals surface area contributed by atoms with Gasteiger partial charge in [-0.05, 0) is 95.0 Å². The van der Waals surface area contributed by atoms with Crippen LogP contribution in [0.25, 0.3) is 11.3 Å². The molecule has 2 saturated heterocycles. The Kier molecular flexibility index (Phi) is 10.2. The number of anilines is 1. The third-order valence-electron chi connectivity index (χ3n) is 11.5. The first-order valence-corrected chi connectivity index (χ1v) is 19.5. The largest absolute Gasteiger partial charge is 0.490 e. The Labute approximate surface area is 326 Å². The number of imide groups is 1. The zero-order valence-corrected chi connectivity index (χ0v) is 31.9. The molecule has 5 aromatic rings. The van der Waals surface area contributed by atoms with Crippen molar-refractivity contribution in [1.82, 2.24) is 34.2 Å². The molecular weight excluding hydrogens is 744 g/mol. The Hall–Kier alpha value is -5.38. The average Bonchev–Trinajstić information content (AvgIpc) is 3.75. The van der Waals surface area contributed by atoms with E-state index in [-0.39, 0.29) is 48.7 Å². The monoisotopic (exact) mass is 788 g/mol. The minimum Gasteiger partial charge on any atom is -0.490 e. The van der Waals surface area contributed by atoms with Gasteiger partial charge in [0, 0.05) is 55.3 Å². The predicted molar refractivity (Wildman–Crippen MR) is 202 cm³/mol. The number of nitrogens with one attached hydrogen (secondary N) is 2. The Balaban J connectivity index is 0.900. The lowest BCUT2D eigenvalue weighted by molar-refractivity contribution is -0.134. The molecule has 0 radical (unpaired) electrons. The van der Waals surface area contributed by atoms with Gasteiger partial charge in [-0.3, -0.25) is 24.6 Å². The van der Waals surface area contributed by atoms with Crippen molar-refractivity contribution >= 4 is 34.7 Å². The average molecular weight is 789 g/mol. The van der Waals surface area contributed by atoms with Crippen LogP contribution < -0.4 is 15.4 Å². The molecule has 57 heavy (non-hydrogen) atoms. The molecule has 0 bridgehead atoms. The molecule has 1 aliphatic carbocycles. The number of hydrogen-bond acceptors (Lipinski definition) is 8. The summed E-state index contributed by atoms with van der Waals surface area (Å²) in [6, 6.07) is 3.41. The van der Waals surface area contributed by atoms with Crippen LogP contribution in [0.15, 0.2) is 49.2 Å². The van der Waals surface area contributed by atoms with E-state index in [1.165, 1.54) is 0 Å². The SMILES string of the molecule is Cc1cnc2c(NC(=O)c3cn4cc([C@H]5CC[C@H](CN6CCC(c7cc(F)c(C8CCC(=O)NC8=O)cc7F)C(F)(F)C6)CC5)nc4cc3OC(C)C)cnn2c1. The summed E-state index contributed by atoms with van der Waals surface area (Å²) in [5.74, 6) is -8.62. The molecule has 2 aliphatic heterocycles. The molecule has 2 N–H and O–H groups in total. The van der Waals surface area contributed by atoms with Crippen molar-refractivity contribution in [1.29, 1.82) is 0 Å². The lowest BCUT2D eigenvalue weighted by Gasteiger charge is -2.41. The van der Waals surface area contributed by atoms with E-state index < -0.39 is 53.3 Å². The first-order chi connectivity index (χ1) is 27.2. The first kappa shape index (κ1) is 38.5. The number of hydrogen-bond donors (Lipinski definition) is 2. The van der Waals surface area contributed by atoms with Gasteiger partial charge in [0.1, 0.15) is 28.7 Å². The van der Waals surface area contributed by atoms with Crippen LogP contribution in [0.4, 0.5) is 23.2 Å². The number of halogens is 4. The number of carbonyl (C=O) groups excluding carboxylic acids is 3. The van der Waals surface area contributed by atoms with Gasteiger partial charge in [0.2, 0.25) is 11.8 Å². The second-order valence-corrected chi connectivity index (χ2v) is 16.0. The van der Waals surface area contributed by atoms with Gasteiger partial charge in [0.05, 0.1) is 41.9 Å². The van der Waals surface area contributed by atoms with Crippen LogP contribution >= 0.6 is 0 Å². The summed E-state index contributed by atoms with van der Waals surface area (Å²) in [6.07, 6.45) is 11.8. The molecule has 4 aromatic heterocycles. The molecular formula is C41H44F4N8O4. The number of benzene rings is 1. The topological polar surface area (TPSA) is 135 Å². The van der Waals surface area contributed by atoms with Crippen molar-refractivity contribution in [2.45, 2.75) is 95.5 Å². The zero-order chi connectivity index (χ0) is 40.2. The minimum absolute atomic E-state index is 0.0136. The molecule has 1 aromatic carbocycles. The van der Waals surface area contributed by atoms with Gasteiger partial charge in [-0.2, -0.15) is 5.10 Å². The van der Waals surface area contributed by atoms with Crippen LogP contribution in [0.2, 0.25) is 0 Å². The van der Waals surface area contributed by atoms with Gasteiger partial charge in [-0.15, -0.1) is 0 Å². The van der Waals surface area contributed by atoms with Crippen molar-refractivity contribution < 1.29 is 36.7 Å². The third-order valence-corrected chi connectivity index (χ3v) is 11.5. The first-order valence-electron chi connectivity index (χ1n) is 19.5. The molecule has 1 saturated carbocycles. The van der Waals surface area contributed by atoms with Gasteiger partial charge in [0.15, 0.2) is 5.65 Å². The summed E-state index contributed by atoms with van der Waals surface area (Å²) in [4.78, 5) is 48.4. The van der Waals surface area contributed by atoms with Crippen LogP contribution in [0.1, 0.15) is 109 Å². The molecule has 16 heteroatoms. The number of likely N-dealkylation sites (tertiary alicyclic amines) is 1. The normalized spacial score (nSPS) is 22.9. The van der Waals surface area contributed by atoms with Gasteiger partial charge >= 0.3 is 0 Å². The van der Waals surface area contributed by atoms with Crippen molar-refractivity contribution in [3.8, 4) is 5.75 Å². The summed E-state index contributed by atoms with van der Waals surface area (Å²) < 4.78 is 71.4. The highest BCUT2D eigenvalue weighted by atomic mass is 19.3. The fraction of sp³-hybridized carbons (Fsp3) is 0.463. The number of rotatable bonds is 9. The van der Waals surface area contributed by atoms with E-state index in [0.29, 0.717) is 41.4 Å². The number of imidazole rings is 1. The van der Waals surface area contributed by atoms with E-state index in [9.17, 15) is 14.4 Å². The molecule has 8 rings (SSSR count). The summed E-state index contributed by atoms with van der Waals surface area (Å²) in [5.41, 5.74) is 3.14. The highest BCUT2D eigenvalue weighted by Crippen LogP contribution is 2.44. The van der Waals surface area contributed by atoms with Crippen LogP contribution in [0, 0.1) is 24.5 Å². The number of amides is 3. The van der Waals surface area contributed by atoms with Gasteiger partial charge < -0.3 is 14.5 Å². The van der Waals surface area contributed by atoms with Crippen molar-refractivity contribution in [2.75, 3.05) is 25.0 Å². The summed E-state index contributed by atoms with van der Waals surface area (Å²) >= 11 is 0. The molecule has 300 valence electrons. The number of aryl methyl sites for hydroxylation is 1. The Bertz CT molecular complexity index is 2370. The molecule has 2 atom stereocenters. The highest BCUT2D eigenvalue weighted by molar-refractivity contribution is 6.07. The number of pyridine rings is 1. The third kappa shape index (κ3) is 7.83. The van der Waals surface area contributed by atoms with E-state index in [2.05, 4.69) is 20.7 Å². The molecule has 2 unspecified atom stereocenters. The summed E-state index contributed by atoms with van der Waals surface area (Å²) in [6.45, 7) is 5.90. The van der Waals surface area contributed by atoms with E-state index in [1.54, 1.807) is 34.1 Å². The number of aromatic nitrogens is 5. The number of piperidine rings is 2. The van der Waals surface area contributed by atoms with E-state index in [1.807, 2.05) is 37.6 Å². The Morgan fingerprint density at radius 2 is 1.75 bits per heavy atom. The maximum Gasteiger partial charge on any atom is 0.267 e. The lowest BCUT2D eigenvalue weighted by Crippen LogP contribution is -2.49. The molecule has 6 heterocycles. The van der Waals surface area contributed by atoms with Crippen molar-refractivity contribution in [2.24, 2.45) is 5.92 Å². The summed E-state index contributed by atoms with van der Waals surface area (Å²) in [7, 11) is 0. The van der Waals surface area contributed by atoms with Crippen LogP contribution in [-0.2, 0) is 9.59 Å². The second kappa shape index (κ2) is 15.2. The van der Waals surface area contributed by atoms with Crippen LogP contribution in [0.5, 0.6) is 5.75 Å². The number of ether oxygens (including phenoxy) is 1. The standard InChI is InChI=1S/C41H44F4N8O4/c1-22(2)57-35-14-36-48-34(20-52(36)19-29(35)40(56)49-33-16-47-53-17-23(3)15-46-38(33)53)25-6-4-24(5-7-25)18-51-11-10-30(41(44,45)21-51)28-13-31(42)27(12-32(28)43)26-8-9-37(54)50-39(26)55/h12-17,19-20,22,24-26,30H,4-11,18,21H2,1-3H3,(H,49,56)(H,50,54,55)/t24-,25-,26?,30?. The quantitative estimate of drug-likeness (QED) is 0.122. The Morgan fingerprint density at radius 1 is 1.00 bits per heavy atom. The molecule has 3 fully saturated rings. The predicted octanol–water partition coefficient (Wildman–Crippen LogP) is 6.92. The second-order valence-electron chi connectivity index (χ2n) is 16.0. The number of fused-ring (bicyclic) bond motifs is 2. The van der Waals surface area contributed by atoms with E-state index in [4.69, 9.17) is 9.72 Å². The minimum atomic E-state index is -3.30. The highest BCUT2D eigenvalue weighted by Gasteiger charge is 2.47. The summed E-state index contributed by atoms with van der Waals surface area (Å²) in [5, 5.41) is 9.35. The molecule has 0 spiro atoms. The van der Waals surface area contributed by atoms with Crippen molar-refractivity contribution in [3.63, 3.8) is 0 Å². The van der Waals surface area contributed by atoms with Gasteiger partial charge in [-0.1, -0.05) is 0 Å². The van der Waals surface area contributed by atoms with Crippen molar-refractivity contribution in [3.05, 3.63) is 88.8 Å². The lowest BCUT2D eigenvalue weighted by atomic mass is 9.79. The fourth-order valence-electron chi connectivity index (χ4n) is 8.66. The number of nitrogens with zero attached hydrogens (tertiary/aromatic N) is 6. The molecule has 3 amide bonds.